The molecule has 0 spiro atoms. The quantitative estimate of drug-likeness (QED) is 0.831. The fourth-order valence-corrected chi connectivity index (χ4v) is 2.82. The number of nitrogens with one attached hydrogen (secondary N) is 1. The van der Waals surface area contributed by atoms with Crippen molar-refractivity contribution in [2.24, 2.45) is 0 Å². The number of carbonyl (C=O) groups excluding carboxylic acids is 1. The van der Waals surface area contributed by atoms with E-state index in [4.69, 9.17) is 32.7 Å². The van der Waals surface area contributed by atoms with Gasteiger partial charge in [-0.05, 0) is 32.9 Å². The molecule has 1 aromatic carbocycles. The van der Waals surface area contributed by atoms with Crippen molar-refractivity contribution >= 4 is 29.1 Å². The van der Waals surface area contributed by atoms with Crippen molar-refractivity contribution in [1.29, 1.82) is 0 Å². The van der Waals surface area contributed by atoms with E-state index in [-0.39, 0.29) is 11.4 Å². The molecule has 1 fully saturated rings. The molecule has 0 aliphatic carbocycles. The number of rotatable bonds is 6. The molecule has 7 heteroatoms. The van der Waals surface area contributed by atoms with Crippen LogP contribution in [-0.4, -0.2) is 55.3 Å². The van der Waals surface area contributed by atoms with Gasteiger partial charge in [-0.15, -0.1) is 0 Å². The van der Waals surface area contributed by atoms with Gasteiger partial charge in [-0.2, -0.15) is 0 Å². The summed E-state index contributed by atoms with van der Waals surface area (Å²) in [5.41, 5.74) is -0.136. The Morgan fingerprint density at radius 2 is 2.00 bits per heavy atom. The number of nitrogens with zero attached hydrogens (tertiary/aromatic N) is 1. The lowest BCUT2D eigenvalue weighted by Gasteiger charge is -2.41. The van der Waals surface area contributed by atoms with Crippen molar-refractivity contribution in [3.8, 4) is 5.75 Å². The monoisotopic (exact) mass is 374 g/mol. The number of benzene rings is 1. The first kappa shape index (κ1) is 19.3. The molecule has 24 heavy (non-hydrogen) atoms. The molecule has 1 aromatic rings. The standard InChI is InChI=1S/C17H24Cl2N2O3/c1-12(24-13-4-5-14(18)15(19)10-13)16(22)20-11-17(2,3)21-6-8-23-9-7-21/h4-5,10,12H,6-9,11H2,1-3H3,(H,20,22). The smallest absolute Gasteiger partial charge is 0.260 e. The van der Waals surface area contributed by atoms with Gasteiger partial charge < -0.3 is 14.8 Å². The van der Waals surface area contributed by atoms with Gasteiger partial charge in [0.05, 0.1) is 23.3 Å². The zero-order valence-electron chi connectivity index (χ0n) is 14.3. The number of halogens is 2. The second kappa shape index (κ2) is 8.39. The molecule has 1 N–H and O–H groups in total. The fourth-order valence-electron chi connectivity index (χ4n) is 2.54. The molecular formula is C17H24Cl2N2O3. The molecule has 5 nitrogen and oxygen atoms in total. The van der Waals surface area contributed by atoms with E-state index >= 15 is 0 Å². The third-order valence-corrected chi connectivity index (χ3v) is 4.87. The number of morpholine rings is 1. The number of carbonyl (C=O) groups is 1. The van der Waals surface area contributed by atoms with E-state index in [0.717, 1.165) is 26.3 Å². The van der Waals surface area contributed by atoms with E-state index in [0.29, 0.717) is 22.3 Å². The van der Waals surface area contributed by atoms with Crippen LogP contribution in [0.1, 0.15) is 20.8 Å². The molecule has 1 amide bonds. The van der Waals surface area contributed by atoms with Crippen LogP contribution in [0.3, 0.4) is 0 Å². The lowest BCUT2D eigenvalue weighted by Crippen LogP contribution is -2.56. The summed E-state index contributed by atoms with van der Waals surface area (Å²) in [5.74, 6) is 0.349. The first-order valence-corrected chi connectivity index (χ1v) is 8.77. The maximum absolute atomic E-state index is 12.3. The van der Waals surface area contributed by atoms with Gasteiger partial charge in [-0.1, -0.05) is 23.2 Å². The van der Waals surface area contributed by atoms with Crippen molar-refractivity contribution in [2.75, 3.05) is 32.8 Å². The Morgan fingerprint density at radius 3 is 2.62 bits per heavy atom. The molecule has 0 bridgehead atoms. The Morgan fingerprint density at radius 1 is 1.33 bits per heavy atom. The van der Waals surface area contributed by atoms with Crippen LogP contribution < -0.4 is 10.1 Å². The van der Waals surface area contributed by atoms with Gasteiger partial charge in [0.1, 0.15) is 5.75 Å². The van der Waals surface area contributed by atoms with Crippen molar-refractivity contribution in [3.63, 3.8) is 0 Å². The van der Waals surface area contributed by atoms with E-state index in [1.807, 2.05) is 0 Å². The second-order valence-corrected chi connectivity index (χ2v) is 7.28. The Labute approximate surface area is 153 Å². The summed E-state index contributed by atoms with van der Waals surface area (Å²) in [4.78, 5) is 14.6. The van der Waals surface area contributed by atoms with Crippen LogP contribution >= 0.6 is 23.2 Å². The third kappa shape index (κ3) is 5.24. The van der Waals surface area contributed by atoms with Gasteiger partial charge in [0.15, 0.2) is 6.10 Å². The summed E-state index contributed by atoms with van der Waals surface area (Å²) < 4.78 is 11.0. The summed E-state index contributed by atoms with van der Waals surface area (Å²) in [5, 5.41) is 3.81. The van der Waals surface area contributed by atoms with Crippen LogP contribution in [0.5, 0.6) is 5.75 Å². The van der Waals surface area contributed by atoms with Crippen LogP contribution in [0.25, 0.3) is 0 Å². The zero-order chi connectivity index (χ0) is 17.7. The van der Waals surface area contributed by atoms with Crippen molar-refractivity contribution < 1.29 is 14.3 Å². The van der Waals surface area contributed by atoms with Crippen LogP contribution in [0.2, 0.25) is 10.0 Å². The third-order valence-electron chi connectivity index (χ3n) is 4.14. The lowest BCUT2D eigenvalue weighted by atomic mass is 10.0. The van der Waals surface area contributed by atoms with E-state index in [9.17, 15) is 4.79 Å². The number of amides is 1. The minimum atomic E-state index is -0.622. The van der Waals surface area contributed by atoms with Crippen LogP contribution in [0.4, 0.5) is 0 Å². The Balaban J connectivity index is 1.85. The van der Waals surface area contributed by atoms with Crippen LogP contribution in [0, 0.1) is 0 Å². The average molecular weight is 375 g/mol. The van der Waals surface area contributed by atoms with Gasteiger partial charge in [0, 0.05) is 31.2 Å². The SMILES string of the molecule is CC(Oc1ccc(Cl)c(Cl)c1)C(=O)NCC(C)(C)N1CCOCC1. The van der Waals surface area contributed by atoms with Crippen molar-refractivity contribution in [3.05, 3.63) is 28.2 Å². The second-order valence-electron chi connectivity index (χ2n) is 6.47. The van der Waals surface area contributed by atoms with Gasteiger partial charge in [0.2, 0.25) is 0 Å². The van der Waals surface area contributed by atoms with Crippen molar-refractivity contribution in [2.45, 2.75) is 32.4 Å². The summed E-state index contributed by atoms with van der Waals surface area (Å²) in [6.45, 7) is 9.69. The molecule has 1 aliphatic rings. The average Bonchev–Trinajstić information content (AvgIpc) is 2.57. The molecule has 1 unspecified atom stereocenters. The maximum Gasteiger partial charge on any atom is 0.260 e. The highest BCUT2D eigenvalue weighted by Crippen LogP contribution is 2.26. The molecular weight excluding hydrogens is 351 g/mol. The molecule has 1 heterocycles. The van der Waals surface area contributed by atoms with Crippen LogP contribution in [-0.2, 0) is 9.53 Å². The maximum atomic E-state index is 12.3. The zero-order valence-corrected chi connectivity index (χ0v) is 15.8. The highest BCUT2D eigenvalue weighted by molar-refractivity contribution is 6.42. The van der Waals surface area contributed by atoms with E-state index in [2.05, 4.69) is 24.1 Å². The number of ether oxygens (including phenoxy) is 2. The van der Waals surface area contributed by atoms with E-state index in [1.165, 1.54) is 0 Å². The first-order chi connectivity index (χ1) is 11.3. The van der Waals surface area contributed by atoms with Crippen molar-refractivity contribution in [1.82, 2.24) is 10.2 Å². The Hall–Kier alpha value is -1.01. The Kier molecular flexibility index (Phi) is 6.75. The topological polar surface area (TPSA) is 50.8 Å². The summed E-state index contributed by atoms with van der Waals surface area (Å²) in [7, 11) is 0. The molecule has 1 aliphatic heterocycles. The number of hydrogen-bond acceptors (Lipinski definition) is 4. The van der Waals surface area contributed by atoms with Crippen LogP contribution in [0.15, 0.2) is 18.2 Å². The molecule has 0 saturated carbocycles. The van der Waals surface area contributed by atoms with Gasteiger partial charge in [0.25, 0.3) is 5.91 Å². The summed E-state index contributed by atoms with van der Waals surface area (Å²) in [6, 6.07) is 4.94. The minimum Gasteiger partial charge on any atom is -0.481 e. The molecule has 1 saturated heterocycles. The lowest BCUT2D eigenvalue weighted by molar-refractivity contribution is -0.128. The molecule has 134 valence electrons. The highest BCUT2D eigenvalue weighted by Gasteiger charge is 2.29. The molecule has 2 rings (SSSR count). The summed E-state index contributed by atoms with van der Waals surface area (Å²) >= 11 is 11.8. The van der Waals surface area contributed by atoms with Gasteiger partial charge in [-0.25, -0.2) is 0 Å². The first-order valence-electron chi connectivity index (χ1n) is 8.02. The molecule has 1 atom stereocenters. The predicted molar refractivity (Wildman–Crippen MR) is 96.0 cm³/mol. The molecule has 0 radical (unpaired) electrons. The van der Waals surface area contributed by atoms with E-state index in [1.54, 1.807) is 25.1 Å². The molecule has 0 aromatic heterocycles. The fraction of sp³-hybridized carbons (Fsp3) is 0.588. The van der Waals surface area contributed by atoms with Gasteiger partial charge >= 0.3 is 0 Å². The predicted octanol–water partition coefficient (Wildman–Crippen LogP) is 2.99. The normalized spacial score (nSPS) is 17.4. The van der Waals surface area contributed by atoms with Gasteiger partial charge in [-0.3, -0.25) is 9.69 Å². The Bertz CT molecular complexity index is 575. The minimum absolute atomic E-state index is 0.136. The highest BCUT2D eigenvalue weighted by atomic mass is 35.5. The van der Waals surface area contributed by atoms with E-state index < -0.39 is 6.10 Å². The number of hydrogen-bond donors (Lipinski definition) is 1. The largest absolute Gasteiger partial charge is 0.481 e. The summed E-state index contributed by atoms with van der Waals surface area (Å²) in [6.07, 6.45) is -0.622.